The molecule has 4 aliphatic rings. The van der Waals surface area contributed by atoms with Gasteiger partial charge in [0, 0.05) is 18.8 Å². The maximum absolute atomic E-state index is 12.8. The molecule has 28 heavy (non-hydrogen) atoms. The Morgan fingerprint density at radius 1 is 1.07 bits per heavy atom. The number of hydrogen-bond donors (Lipinski definition) is 0. The first-order chi connectivity index (χ1) is 13.0. The van der Waals surface area contributed by atoms with Crippen LogP contribution in [0.5, 0.6) is 0 Å². The lowest BCUT2D eigenvalue weighted by Crippen LogP contribution is -2.58. The molecule has 0 bridgehead atoms. The minimum Gasteiger partial charge on any atom is -0.451 e. The zero-order valence-corrected chi connectivity index (χ0v) is 17.8. The van der Waals surface area contributed by atoms with Gasteiger partial charge < -0.3 is 4.74 Å². The van der Waals surface area contributed by atoms with E-state index in [0.29, 0.717) is 30.6 Å². The van der Waals surface area contributed by atoms with Crippen LogP contribution in [0.25, 0.3) is 0 Å². The predicted molar refractivity (Wildman–Crippen MR) is 106 cm³/mol. The van der Waals surface area contributed by atoms with Crippen molar-refractivity contribution in [2.75, 3.05) is 0 Å². The standard InChI is InChI=1S/C24H32O4/c1-14-12-18-19(22(4)9-6-17(27)13-21(14)22)7-10-23(5)20(18)8-11-24(23,15(2)25)28-16(3)26/h12-13,18-20H,6-11H2,1-5H3/t18-,19+,20+,22+,23-,24-/m0/s1. The minimum atomic E-state index is -0.990. The molecule has 0 spiro atoms. The predicted octanol–water partition coefficient (Wildman–Crippen LogP) is 4.58. The third-order valence-corrected chi connectivity index (χ3v) is 8.84. The molecular weight excluding hydrogens is 352 g/mol. The molecule has 2 fully saturated rings. The van der Waals surface area contributed by atoms with E-state index in [2.05, 4.69) is 26.8 Å². The van der Waals surface area contributed by atoms with Crippen LogP contribution in [0.2, 0.25) is 0 Å². The molecule has 0 aromatic carbocycles. The summed E-state index contributed by atoms with van der Waals surface area (Å²) in [5, 5.41) is 0. The van der Waals surface area contributed by atoms with Gasteiger partial charge in [0.25, 0.3) is 0 Å². The van der Waals surface area contributed by atoms with Gasteiger partial charge in [0.1, 0.15) is 0 Å². The number of fused-ring (bicyclic) bond motifs is 5. The zero-order valence-electron chi connectivity index (χ0n) is 17.8. The molecule has 0 heterocycles. The number of ether oxygens (including phenoxy) is 1. The monoisotopic (exact) mass is 384 g/mol. The van der Waals surface area contributed by atoms with Crippen LogP contribution in [0.3, 0.4) is 0 Å². The molecular formula is C24H32O4. The molecule has 4 aliphatic carbocycles. The molecule has 4 nitrogen and oxygen atoms in total. The number of ketones is 2. The van der Waals surface area contributed by atoms with E-state index in [1.807, 2.05) is 6.08 Å². The Kier molecular flexibility index (Phi) is 4.30. The molecule has 0 saturated heterocycles. The summed E-state index contributed by atoms with van der Waals surface area (Å²) < 4.78 is 5.82. The second-order valence-corrected chi connectivity index (χ2v) is 10.1. The fourth-order valence-corrected chi connectivity index (χ4v) is 7.48. The number of allylic oxidation sites excluding steroid dienone is 4. The number of hydrogen-bond acceptors (Lipinski definition) is 4. The topological polar surface area (TPSA) is 60.4 Å². The first-order valence-corrected chi connectivity index (χ1v) is 10.7. The van der Waals surface area contributed by atoms with Crippen molar-refractivity contribution in [2.24, 2.45) is 28.6 Å². The second kappa shape index (κ2) is 6.14. The van der Waals surface area contributed by atoms with E-state index in [1.54, 1.807) is 6.92 Å². The van der Waals surface area contributed by atoms with Crippen molar-refractivity contribution in [1.29, 1.82) is 0 Å². The van der Waals surface area contributed by atoms with Gasteiger partial charge in [-0.1, -0.05) is 25.5 Å². The first kappa shape index (κ1) is 19.6. The quantitative estimate of drug-likeness (QED) is 0.654. The smallest absolute Gasteiger partial charge is 0.303 e. The summed E-state index contributed by atoms with van der Waals surface area (Å²) in [6, 6.07) is 0. The van der Waals surface area contributed by atoms with Gasteiger partial charge in [-0.3, -0.25) is 14.4 Å². The number of rotatable bonds is 2. The highest BCUT2D eigenvalue weighted by Gasteiger charge is 2.67. The summed E-state index contributed by atoms with van der Waals surface area (Å²) in [5.74, 6) is 1.03. The van der Waals surface area contributed by atoms with E-state index < -0.39 is 5.60 Å². The summed E-state index contributed by atoms with van der Waals surface area (Å²) in [7, 11) is 0. The van der Waals surface area contributed by atoms with Gasteiger partial charge in [0.05, 0.1) is 0 Å². The van der Waals surface area contributed by atoms with Gasteiger partial charge >= 0.3 is 5.97 Å². The average molecular weight is 385 g/mol. The molecule has 0 unspecified atom stereocenters. The Labute approximate surface area is 167 Å². The van der Waals surface area contributed by atoms with Gasteiger partial charge in [0.2, 0.25) is 0 Å². The molecule has 0 amide bonds. The van der Waals surface area contributed by atoms with Crippen LogP contribution in [0.1, 0.15) is 73.1 Å². The lowest BCUT2D eigenvalue weighted by molar-refractivity contribution is -0.185. The lowest BCUT2D eigenvalue weighted by atomic mass is 9.47. The molecule has 0 radical (unpaired) electrons. The van der Waals surface area contributed by atoms with Gasteiger partial charge in [0.15, 0.2) is 17.2 Å². The molecule has 0 aromatic heterocycles. The molecule has 4 heteroatoms. The summed E-state index contributed by atoms with van der Waals surface area (Å²) in [6.45, 7) is 9.63. The van der Waals surface area contributed by atoms with Gasteiger partial charge in [-0.2, -0.15) is 0 Å². The molecule has 4 rings (SSSR count). The van der Waals surface area contributed by atoms with E-state index in [0.717, 1.165) is 25.7 Å². The molecule has 6 atom stereocenters. The summed E-state index contributed by atoms with van der Waals surface area (Å²) in [6.07, 6.45) is 9.20. The Morgan fingerprint density at radius 3 is 2.39 bits per heavy atom. The van der Waals surface area contributed by atoms with Crippen LogP contribution in [0.15, 0.2) is 23.3 Å². The summed E-state index contributed by atoms with van der Waals surface area (Å²) >= 11 is 0. The van der Waals surface area contributed by atoms with Crippen molar-refractivity contribution in [3.8, 4) is 0 Å². The van der Waals surface area contributed by atoms with E-state index in [-0.39, 0.29) is 28.4 Å². The molecule has 0 aliphatic heterocycles. The van der Waals surface area contributed by atoms with Crippen molar-refractivity contribution in [3.63, 3.8) is 0 Å². The second-order valence-electron chi connectivity index (χ2n) is 10.1. The van der Waals surface area contributed by atoms with Crippen LogP contribution < -0.4 is 0 Å². The Bertz CT molecular complexity index is 820. The van der Waals surface area contributed by atoms with E-state index in [9.17, 15) is 14.4 Å². The highest BCUT2D eigenvalue weighted by molar-refractivity contribution is 5.92. The highest BCUT2D eigenvalue weighted by Crippen LogP contribution is 2.67. The lowest BCUT2D eigenvalue weighted by Gasteiger charge is -2.58. The third-order valence-electron chi connectivity index (χ3n) is 8.84. The Morgan fingerprint density at radius 2 is 1.75 bits per heavy atom. The van der Waals surface area contributed by atoms with Crippen LogP contribution in [-0.2, 0) is 19.1 Å². The number of esters is 1. The number of carbonyl (C=O) groups is 3. The van der Waals surface area contributed by atoms with Crippen LogP contribution in [-0.4, -0.2) is 23.1 Å². The largest absolute Gasteiger partial charge is 0.451 e. The SMILES string of the molecule is CC(=O)O[C@]1(C(C)=O)CC[C@@H]2[C@H]3C=C(C)C4=CC(=O)CC[C@]4(C)[C@@H]3CC[C@@]21C. The first-order valence-electron chi connectivity index (χ1n) is 10.7. The molecule has 2 saturated carbocycles. The van der Waals surface area contributed by atoms with Crippen molar-refractivity contribution in [1.82, 2.24) is 0 Å². The Balaban J connectivity index is 1.79. The Hall–Kier alpha value is -1.71. The molecule has 0 aromatic rings. The van der Waals surface area contributed by atoms with Gasteiger partial charge in [-0.05, 0) is 80.8 Å². The summed E-state index contributed by atoms with van der Waals surface area (Å²) in [4.78, 5) is 36.8. The van der Waals surface area contributed by atoms with Crippen LogP contribution in [0.4, 0.5) is 0 Å². The van der Waals surface area contributed by atoms with Gasteiger partial charge in [-0.25, -0.2) is 0 Å². The molecule has 152 valence electrons. The van der Waals surface area contributed by atoms with E-state index >= 15 is 0 Å². The van der Waals surface area contributed by atoms with Crippen molar-refractivity contribution in [2.45, 2.75) is 78.7 Å². The van der Waals surface area contributed by atoms with Crippen molar-refractivity contribution in [3.05, 3.63) is 23.3 Å². The van der Waals surface area contributed by atoms with Crippen molar-refractivity contribution >= 4 is 17.5 Å². The molecule has 0 N–H and O–H groups in total. The fourth-order valence-electron chi connectivity index (χ4n) is 7.48. The van der Waals surface area contributed by atoms with Crippen LogP contribution >= 0.6 is 0 Å². The average Bonchev–Trinajstić information content (AvgIpc) is 2.90. The zero-order chi connectivity index (χ0) is 20.5. The maximum Gasteiger partial charge on any atom is 0.303 e. The van der Waals surface area contributed by atoms with E-state index in [4.69, 9.17) is 4.74 Å². The van der Waals surface area contributed by atoms with Gasteiger partial charge in [-0.15, -0.1) is 0 Å². The van der Waals surface area contributed by atoms with Crippen molar-refractivity contribution < 1.29 is 19.1 Å². The highest BCUT2D eigenvalue weighted by atomic mass is 16.6. The van der Waals surface area contributed by atoms with E-state index in [1.165, 1.54) is 18.1 Å². The minimum absolute atomic E-state index is 0.0160. The maximum atomic E-state index is 12.8. The fraction of sp³-hybridized carbons (Fsp3) is 0.708. The number of Topliss-reactive ketones (excluding diaryl/α,β-unsaturated/α-hetero) is 1. The summed E-state index contributed by atoms with van der Waals surface area (Å²) in [5.41, 5.74) is 1.15. The normalized spacial score (nSPS) is 44.6. The third kappa shape index (κ3) is 2.39. The van der Waals surface area contributed by atoms with Crippen LogP contribution in [0, 0.1) is 28.6 Å². The number of carbonyl (C=O) groups excluding carboxylic acids is 3.